The van der Waals surface area contributed by atoms with Crippen LogP contribution in [0.4, 0.5) is 15.8 Å². The number of nitrogens with one attached hydrogen (secondary N) is 1. The van der Waals surface area contributed by atoms with Crippen molar-refractivity contribution in [2.24, 2.45) is 0 Å². The molecule has 1 aliphatic rings. The van der Waals surface area contributed by atoms with Crippen LogP contribution in [-0.2, 0) is 26.1 Å². The first-order valence-electron chi connectivity index (χ1n) is 9.70. The van der Waals surface area contributed by atoms with E-state index in [1.54, 1.807) is 0 Å². The maximum absolute atomic E-state index is 14.2. The lowest BCUT2D eigenvalue weighted by Crippen LogP contribution is -2.48. The van der Waals surface area contributed by atoms with Gasteiger partial charge in [-0.3, -0.25) is 9.10 Å². The van der Waals surface area contributed by atoms with Crippen molar-refractivity contribution in [1.29, 1.82) is 0 Å². The van der Waals surface area contributed by atoms with Crippen LogP contribution in [0, 0.1) is 5.82 Å². The van der Waals surface area contributed by atoms with E-state index in [1.165, 1.54) is 25.1 Å². The third-order valence-electron chi connectivity index (χ3n) is 4.96. The van der Waals surface area contributed by atoms with Gasteiger partial charge in [0.15, 0.2) is 0 Å². The Balaban J connectivity index is 1.66. The fourth-order valence-electron chi connectivity index (χ4n) is 3.39. The number of amides is 1. The molecule has 9 heteroatoms. The standard InChI is InChI=1S/C21H26FN3O4S/c1-16(25(30(2,27)28)20-6-4-3-5-19(20)22)21(26)23-15-17-7-9-18(10-8-17)24-11-13-29-14-12-24/h3-10,16H,11-15H2,1-2H3,(H,23,26)/t16-/m1/s1. The lowest BCUT2D eigenvalue weighted by Gasteiger charge is -2.29. The highest BCUT2D eigenvalue weighted by atomic mass is 32.2. The largest absolute Gasteiger partial charge is 0.378 e. The van der Waals surface area contributed by atoms with Crippen molar-refractivity contribution in [2.45, 2.75) is 19.5 Å². The normalized spacial score (nSPS) is 15.5. The zero-order chi connectivity index (χ0) is 21.7. The number of hydrogen-bond donors (Lipinski definition) is 1. The van der Waals surface area contributed by atoms with Crippen molar-refractivity contribution in [1.82, 2.24) is 5.32 Å². The van der Waals surface area contributed by atoms with Gasteiger partial charge in [0, 0.05) is 25.3 Å². The van der Waals surface area contributed by atoms with Gasteiger partial charge in [-0.25, -0.2) is 12.8 Å². The van der Waals surface area contributed by atoms with E-state index in [4.69, 9.17) is 4.74 Å². The van der Waals surface area contributed by atoms with Crippen LogP contribution in [0.2, 0.25) is 0 Å². The molecular weight excluding hydrogens is 409 g/mol. The molecule has 1 fully saturated rings. The summed E-state index contributed by atoms with van der Waals surface area (Å²) in [5.41, 5.74) is 1.81. The van der Waals surface area contributed by atoms with Crippen LogP contribution in [0.15, 0.2) is 48.5 Å². The number of sulfonamides is 1. The van der Waals surface area contributed by atoms with Gasteiger partial charge in [0.05, 0.1) is 25.2 Å². The Bertz CT molecular complexity index is 976. The van der Waals surface area contributed by atoms with Crippen molar-refractivity contribution in [2.75, 3.05) is 41.8 Å². The smallest absolute Gasteiger partial charge is 0.243 e. The molecule has 0 unspecified atom stereocenters. The monoisotopic (exact) mass is 435 g/mol. The van der Waals surface area contributed by atoms with Gasteiger partial charge in [-0.2, -0.15) is 0 Å². The van der Waals surface area contributed by atoms with Gasteiger partial charge in [0.2, 0.25) is 15.9 Å². The summed E-state index contributed by atoms with van der Waals surface area (Å²) in [5.74, 6) is -1.22. The molecule has 0 aliphatic carbocycles. The quantitative estimate of drug-likeness (QED) is 0.721. The van der Waals surface area contributed by atoms with E-state index in [-0.39, 0.29) is 12.2 Å². The number of nitrogens with zero attached hydrogens (tertiary/aromatic N) is 2. The topological polar surface area (TPSA) is 79.0 Å². The minimum atomic E-state index is -3.87. The molecule has 0 saturated carbocycles. The lowest BCUT2D eigenvalue weighted by atomic mass is 10.1. The Morgan fingerprint density at radius 2 is 1.80 bits per heavy atom. The van der Waals surface area contributed by atoms with Crippen LogP contribution < -0.4 is 14.5 Å². The molecule has 3 rings (SSSR count). The maximum Gasteiger partial charge on any atom is 0.243 e. The van der Waals surface area contributed by atoms with Crippen molar-refractivity contribution >= 4 is 27.3 Å². The first kappa shape index (κ1) is 22.0. The molecule has 2 aromatic carbocycles. The van der Waals surface area contributed by atoms with Crippen LogP contribution in [0.3, 0.4) is 0 Å². The van der Waals surface area contributed by atoms with E-state index in [2.05, 4.69) is 10.2 Å². The predicted molar refractivity (Wildman–Crippen MR) is 115 cm³/mol. The van der Waals surface area contributed by atoms with Gasteiger partial charge in [0.1, 0.15) is 11.9 Å². The Hall–Kier alpha value is -2.65. The molecule has 1 aliphatic heterocycles. The van der Waals surface area contributed by atoms with Gasteiger partial charge < -0.3 is 15.0 Å². The average molecular weight is 436 g/mol. The lowest BCUT2D eigenvalue weighted by molar-refractivity contribution is -0.122. The molecule has 1 N–H and O–H groups in total. The Morgan fingerprint density at radius 3 is 2.40 bits per heavy atom. The second-order valence-electron chi connectivity index (χ2n) is 7.17. The fourth-order valence-corrected chi connectivity index (χ4v) is 4.57. The molecule has 30 heavy (non-hydrogen) atoms. The minimum absolute atomic E-state index is 0.155. The molecule has 1 atom stereocenters. The number of halogens is 1. The van der Waals surface area contributed by atoms with Crippen molar-refractivity contribution in [3.8, 4) is 0 Å². The Kier molecular flexibility index (Phi) is 6.94. The van der Waals surface area contributed by atoms with Crippen LogP contribution in [0.5, 0.6) is 0 Å². The summed E-state index contributed by atoms with van der Waals surface area (Å²) in [5, 5.41) is 2.74. The summed E-state index contributed by atoms with van der Waals surface area (Å²) in [6.45, 7) is 4.75. The van der Waals surface area contributed by atoms with E-state index in [9.17, 15) is 17.6 Å². The molecule has 1 heterocycles. The summed E-state index contributed by atoms with van der Waals surface area (Å²) < 4.78 is 44.9. The van der Waals surface area contributed by atoms with Gasteiger partial charge in [-0.15, -0.1) is 0 Å². The summed E-state index contributed by atoms with van der Waals surface area (Å²) >= 11 is 0. The molecular formula is C21H26FN3O4S. The highest BCUT2D eigenvalue weighted by Crippen LogP contribution is 2.24. The van der Waals surface area contributed by atoms with Gasteiger partial charge in [0.25, 0.3) is 0 Å². The SMILES string of the molecule is C[C@H](C(=O)NCc1ccc(N2CCOCC2)cc1)N(c1ccccc1F)S(C)(=O)=O. The number of anilines is 2. The zero-order valence-corrected chi connectivity index (χ0v) is 17.9. The van der Waals surface area contributed by atoms with Crippen molar-refractivity contribution < 1.29 is 22.3 Å². The molecule has 0 aromatic heterocycles. The second kappa shape index (κ2) is 9.44. The van der Waals surface area contributed by atoms with Crippen LogP contribution in [0.1, 0.15) is 12.5 Å². The van der Waals surface area contributed by atoms with E-state index >= 15 is 0 Å². The van der Waals surface area contributed by atoms with E-state index in [0.29, 0.717) is 13.2 Å². The predicted octanol–water partition coefficient (Wildman–Crippen LogP) is 2.13. The zero-order valence-electron chi connectivity index (χ0n) is 17.0. The minimum Gasteiger partial charge on any atom is -0.378 e. The molecule has 1 amide bonds. The number of para-hydroxylation sites is 1. The number of carbonyl (C=O) groups excluding carboxylic acids is 1. The van der Waals surface area contributed by atoms with E-state index in [0.717, 1.165) is 41.0 Å². The van der Waals surface area contributed by atoms with Gasteiger partial charge in [-0.1, -0.05) is 24.3 Å². The van der Waals surface area contributed by atoms with Crippen molar-refractivity contribution in [3.63, 3.8) is 0 Å². The number of ether oxygens (including phenoxy) is 1. The third kappa shape index (κ3) is 5.28. The number of carbonyl (C=O) groups is 1. The van der Waals surface area contributed by atoms with Gasteiger partial charge in [-0.05, 0) is 36.8 Å². The second-order valence-corrected chi connectivity index (χ2v) is 9.03. The molecule has 0 radical (unpaired) electrons. The highest BCUT2D eigenvalue weighted by Gasteiger charge is 2.30. The number of morpholine rings is 1. The van der Waals surface area contributed by atoms with Crippen LogP contribution in [0.25, 0.3) is 0 Å². The number of hydrogen-bond acceptors (Lipinski definition) is 5. The van der Waals surface area contributed by atoms with Crippen LogP contribution >= 0.6 is 0 Å². The summed E-state index contributed by atoms with van der Waals surface area (Å²) in [7, 11) is -3.87. The molecule has 7 nitrogen and oxygen atoms in total. The summed E-state index contributed by atoms with van der Waals surface area (Å²) in [6.07, 6.45) is 0.952. The molecule has 0 spiro atoms. The summed E-state index contributed by atoms with van der Waals surface area (Å²) in [4.78, 5) is 14.9. The molecule has 0 bridgehead atoms. The van der Waals surface area contributed by atoms with Gasteiger partial charge >= 0.3 is 0 Å². The number of rotatable bonds is 7. The molecule has 2 aromatic rings. The van der Waals surface area contributed by atoms with E-state index < -0.39 is 27.8 Å². The summed E-state index contributed by atoms with van der Waals surface area (Å²) in [6, 6.07) is 12.2. The highest BCUT2D eigenvalue weighted by molar-refractivity contribution is 7.92. The van der Waals surface area contributed by atoms with Crippen LogP contribution in [-0.4, -0.2) is 52.9 Å². The Labute approximate surface area is 176 Å². The molecule has 1 saturated heterocycles. The first-order valence-corrected chi connectivity index (χ1v) is 11.6. The van der Waals surface area contributed by atoms with Crippen molar-refractivity contribution in [3.05, 3.63) is 59.9 Å². The molecule has 162 valence electrons. The third-order valence-corrected chi connectivity index (χ3v) is 6.19. The Morgan fingerprint density at radius 1 is 1.17 bits per heavy atom. The maximum atomic E-state index is 14.2. The average Bonchev–Trinajstić information content (AvgIpc) is 2.73. The fraction of sp³-hybridized carbons (Fsp3) is 0.381. The van der Waals surface area contributed by atoms with E-state index in [1.807, 2.05) is 24.3 Å². The first-order chi connectivity index (χ1) is 14.3. The number of benzene rings is 2.